The number of anilines is 1. The number of likely N-dealkylation sites (tertiary alicyclic amines) is 1. The van der Waals surface area contributed by atoms with Crippen LogP contribution in [0.5, 0.6) is 0 Å². The van der Waals surface area contributed by atoms with Crippen molar-refractivity contribution in [1.82, 2.24) is 25.4 Å². The Labute approximate surface area is 222 Å². The molecule has 2 N–H and O–H groups in total. The minimum atomic E-state index is -0.238. The van der Waals surface area contributed by atoms with Gasteiger partial charge in [-0.2, -0.15) is 0 Å². The Morgan fingerprint density at radius 1 is 1.25 bits per heavy atom. The molecule has 2 aromatic heterocycles. The van der Waals surface area contributed by atoms with E-state index in [1.165, 1.54) is 11.3 Å². The first-order valence-corrected chi connectivity index (χ1v) is 13.5. The molecule has 0 saturated carbocycles. The predicted octanol–water partition coefficient (Wildman–Crippen LogP) is 4.19. The lowest BCUT2D eigenvalue weighted by molar-refractivity contribution is -0.143. The number of carbonyl (C=O) groups excluding carboxylic acids is 2. The van der Waals surface area contributed by atoms with Gasteiger partial charge < -0.3 is 15.0 Å². The van der Waals surface area contributed by atoms with Gasteiger partial charge in [0.25, 0.3) is 5.91 Å². The van der Waals surface area contributed by atoms with Crippen LogP contribution >= 0.6 is 23.6 Å². The molecule has 11 heteroatoms. The van der Waals surface area contributed by atoms with Crippen molar-refractivity contribution in [1.29, 1.82) is 0 Å². The number of rotatable bonds is 7. The van der Waals surface area contributed by atoms with Crippen molar-refractivity contribution in [3.63, 3.8) is 0 Å². The highest BCUT2D eigenvalue weighted by Crippen LogP contribution is 2.31. The third-order valence-corrected chi connectivity index (χ3v) is 7.55. The summed E-state index contributed by atoms with van der Waals surface area (Å²) in [7, 11) is 0. The van der Waals surface area contributed by atoms with Crippen LogP contribution in [0.15, 0.2) is 12.1 Å². The normalized spacial score (nSPS) is 15.3. The summed E-state index contributed by atoms with van der Waals surface area (Å²) in [5.41, 5.74) is 2.12. The van der Waals surface area contributed by atoms with Crippen LogP contribution in [0.4, 0.5) is 5.13 Å². The zero-order chi connectivity index (χ0) is 26.5. The molecule has 9 nitrogen and oxygen atoms in total. The van der Waals surface area contributed by atoms with Gasteiger partial charge in [0, 0.05) is 36.2 Å². The molecule has 0 bridgehead atoms. The van der Waals surface area contributed by atoms with Gasteiger partial charge in [0.15, 0.2) is 5.11 Å². The van der Waals surface area contributed by atoms with Crippen LogP contribution in [-0.4, -0.2) is 62.8 Å². The monoisotopic (exact) mass is 532 g/mol. The van der Waals surface area contributed by atoms with Gasteiger partial charge in [0.1, 0.15) is 5.01 Å². The van der Waals surface area contributed by atoms with Crippen LogP contribution in [0.2, 0.25) is 0 Å². The highest BCUT2D eigenvalue weighted by Gasteiger charge is 2.28. The third-order valence-electron chi connectivity index (χ3n) is 5.91. The first kappa shape index (κ1) is 27.9. The largest absolute Gasteiger partial charge is 0.466 e. The molecule has 3 rings (SSSR count). The Bertz CT molecular complexity index is 1090. The van der Waals surface area contributed by atoms with Gasteiger partial charge in [-0.15, -0.1) is 10.2 Å². The lowest BCUT2D eigenvalue weighted by Crippen LogP contribution is -2.47. The third kappa shape index (κ3) is 7.42. The SMILES string of the molecule is CCOC(=O)CC(C)NC(=S)N1CCC(c2nc(C)ccc2C(=O)Nc2nnc(C(C)(C)C)s2)CC1. The number of pyridine rings is 1. The van der Waals surface area contributed by atoms with Crippen LogP contribution in [0.3, 0.4) is 0 Å². The zero-order valence-electron chi connectivity index (χ0n) is 21.9. The number of piperidine rings is 1. The van der Waals surface area contributed by atoms with Crippen molar-refractivity contribution in [3.8, 4) is 0 Å². The maximum absolute atomic E-state index is 13.2. The van der Waals surface area contributed by atoms with Gasteiger partial charge in [0.05, 0.1) is 24.3 Å². The quantitative estimate of drug-likeness (QED) is 0.401. The number of carbonyl (C=O) groups is 2. The molecule has 0 aromatic carbocycles. The molecule has 1 atom stereocenters. The summed E-state index contributed by atoms with van der Waals surface area (Å²) in [6, 6.07) is 3.59. The number of nitrogens with zero attached hydrogens (tertiary/aromatic N) is 4. The van der Waals surface area contributed by atoms with E-state index in [1.54, 1.807) is 6.92 Å². The van der Waals surface area contributed by atoms with E-state index in [4.69, 9.17) is 21.9 Å². The number of hydrogen-bond acceptors (Lipinski definition) is 8. The first-order chi connectivity index (χ1) is 17.0. The number of aryl methyl sites for hydroxylation is 1. The predicted molar refractivity (Wildman–Crippen MR) is 146 cm³/mol. The Morgan fingerprint density at radius 3 is 2.56 bits per heavy atom. The smallest absolute Gasteiger partial charge is 0.307 e. The van der Waals surface area contributed by atoms with Crippen molar-refractivity contribution < 1.29 is 14.3 Å². The van der Waals surface area contributed by atoms with Crippen LogP contribution < -0.4 is 10.6 Å². The molecule has 1 unspecified atom stereocenters. The van der Waals surface area contributed by atoms with E-state index in [-0.39, 0.29) is 35.7 Å². The Hall–Kier alpha value is -2.66. The average molecular weight is 533 g/mol. The molecule has 196 valence electrons. The molecule has 0 radical (unpaired) electrons. The highest BCUT2D eigenvalue weighted by molar-refractivity contribution is 7.80. The van der Waals surface area contributed by atoms with E-state index in [9.17, 15) is 9.59 Å². The van der Waals surface area contributed by atoms with Gasteiger partial charge >= 0.3 is 5.97 Å². The van der Waals surface area contributed by atoms with E-state index in [0.29, 0.717) is 22.4 Å². The van der Waals surface area contributed by atoms with Crippen LogP contribution in [0.1, 0.15) is 86.6 Å². The van der Waals surface area contributed by atoms with E-state index in [2.05, 4.69) is 46.5 Å². The standard InChI is InChI=1S/C25H36N6O3S2/c1-7-34-19(32)14-16(3)27-24(35)31-12-10-17(11-13-31)20-18(9-8-15(2)26-20)21(33)28-23-30-29-22(36-23)25(4,5)6/h8-9,16-17H,7,10-14H2,1-6H3,(H,27,35)(H,28,30,33). The molecule has 1 fully saturated rings. The molecule has 0 spiro atoms. The van der Waals surface area contributed by atoms with Crippen molar-refractivity contribution in [2.75, 3.05) is 25.0 Å². The topological polar surface area (TPSA) is 109 Å². The summed E-state index contributed by atoms with van der Waals surface area (Å²) >= 11 is 6.97. The van der Waals surface area contributed by atoms with Crippen LogP contribution in [-0.2, 0) is 14.9 Å². The molecule has 1 aliphatic heterocycles. The maximum atomic E-state index is 13.2. The minimum absolute atomic E-state index is 0.109. The molecule has 36 heavy (non-hydrogen) atoms. The molecular formula is C25H36N6O3S2. The molecule has 3 heterocycles. The zero-order valence-corrected chi connectivity index (χ0v) is 23.5. The number of thiocarbonyl (C=S) groups is 1. The van der Waals surface area contributed by atoms with Crippen molar-refractivity contribution in [3.05, 3.63) is 34.1 Å². The average Bonchev–Trinajstić information content (AvgIpc) is 3.28. The summed E-state index contributed by atoms with van der Waals surface area (Å²) in [5, 5.41) is 16.5. The number of aromatic nitrogens is 3. The second-order valence-electron chi connectivity index (χ2n) is 10.1. The molecule has 0 aliphatic carbocycles. The summed E-state index contributed by atoms with van der Waals surface area (Å²) in [4.78, 5) is 31.8. The highest BCUT2D eigenvalue weighted by atomic mass is 32.1. The summed E-state index contributed by atoms with van der Waals surface area (Å²) in [6.07, 6.45) is 1.90. The molecule has 1 aliphatic rings. The Kier molecular flexibility index (Phi) is 9.35. The number of amides is 1. The van der Waals surface area contributed by atoms with Gasteiger partial charge in [-0.3, -0.25) is 19.9 Å². The fourth-order valence-electron chi connectivity index (χ4n) is 4.00. The summed E-state index contributed by atoms with van der Waals surface area (Å²) in [5.74, 6) is -0.318. The van der Waals surface area contributed by atoms with Crippen LogP contribution in [0, 0.1) is 6.92 Å². The van der Waals surface area contributed by atoms with Crippen molar-refractivity contribution >= 4 is 45.7 Å². The summed E-state index contributed by atoms with van der Waals surface area (Å²) in [6.45, 7) is 13.7. The Morgan fingerprint density at radius 2 is 1.94 bits per heavy atom. The van der Waals surface area contributed by atoms with E-state index < -0.39 is 0 Å². The Balaban J connectivity index is 1.63. The molecule has 1 amide bonds. The number of esters is 1. The number of nitrogens with one attached hydrogen (secondary N) is 2. The molecular weight excluding hydrogens is 496 g/mol. The number of hydrogen-bond donors (Lipinski definition) is 2. The fourth-order valence-corrected chi connectivity index (χ4v) is 5.18. The van der Waals surface area contributed by atoms with E-state index >= 15 is 0 Å². The van der Waals surface area contributed by atoms with Gasteiger partial charge in [-0.1, -0.05) is 32.1 Å². The van der Waals surface area contributed by atoms with E-state index in [0.717, 1.165) is 42.3 Å². The second-order valence-corrected chi connectivity index (χ2v) is 11.5. The van der Waals surface area contributed by atoms with Crippen molar-refractivity contribution in [2.24, 2.45) is 0 Å². The number of ether oxygens (including phenoxy) is 1. The van der Waals surface area contributed by atoms with Crippen molar-refractivity contribution in [2.45, 2.75) is 78.2 Å². The van der Waals surface area contributed by atoms with E-state index in [1.807, 2.05) is 26.0 Å². The fraction of sp³-hybridized carbons (Fsp3) is 0.600. The first-order valence-electron chi connectivity index (χ1n) is 12.3. The van der Waals surface area contributed by atoms with Gasteiger partial charge in [-0.25, -0.2) is 0 Å². The molecule has 1 saturated heterocycles. The maximum Gasteiger partial charge on any atom is 0.307 e. The minimum Gasteiger partial charge on any atom is -0.466 e. The van der Waals surface area contributed by atoms with Gasteiger partial charge in [-0.05, 0) is 58.0 Å². The van der Waals surface area contributed by atoms with Gasteiger partial charge in [0.2, 0.25) is 5.13 Å². The lowest BCUT2D eigenvalue weighted by Gasteiger charge is -2.35. The lowest BCUT2D eigenvalue weighted by atomic mass is 9.90. The second kappa shape index (κ2) is 12.1. The van der Waals surface area contributed by atoms with Crippen LogP contribution in [0.25, 0.3) is 0 Å². The summed E-state index contributed by atoms with van der Waals surface area (Å²) < 4.78 is 5.01. The molecule has 2 aromatic rings.